The molecule has 0 radical (unpaired) electrons. The van der Waals surface area contributed by atoms with Crippen molar-refractivity contribution < 1.29 is 23.9 Å². The number of carbonyl (C=O) groups is 3. The van der Waals surface area contributed by atoms with Gasteiger partial charge in [-0.15, -0.1) is 6.58 Å². The number of ketones is 1. The summed E-state index contributed by atoms with van der Waals surface area (Å²) >= 11 is 0. The van der Waals surface area contributed by atoms with Gasteiger partial charge in [-0.3, -0.25) is 14.4 Å². The van der Waals surface area contributed by atoms with Gasteiger partial charge in [0, 0.05) is 12.0 Å². The molecule has 0 spiro atoms. The molecule has 0 saturated heterocycles. The quantitative estimate of drug-likeness (QED) is 0.280. The lowest BCUT2D eigenvalue weighted by molar-refractivity contribution is -0.172. The number of hydrogen-bond acceptors (Lipinski definition) is 5. The minimum Gasteiger partial charge on any atom is -0.465 e. The SMILES string of the molecule is C=CCC(CCC(=O)c1ccc(C)cc1)(C(=O)OCC)C(=O)OCC. The van der Waals surface area contributed by atoms with Gasteiger partial charge in [0.15, 0.2) is 11.2 Å². The maximum Gasteiger partial charge on any atom is 0.323 e. The van der Waals surface area contributed by atoms with Gasteiger partial charge in [-0.1, -0.05) is 35.9 Å². The van der Waals surface area contributed by atoms with Gasteiger partial charge in [0.1, 0.15) is 0 Å². The first-order chi connectivity index (χ1) is 11.9. The fourth-order valence-electron chi connectivity index (χ4n) is 2.55. The van der Waals surface area contributed by atoms with E-state index in [1.165, 1.54) is 6.08 Å². The summed E-state index contributed by atoms with van der Waals surface area (Å²) in [5, 5.41) is 0. The van der Waals surface area contributed by atoms with Gasteiger partial charge in [0.2, 0.25) is 0 Å². The molecule has 5 nitrogen and oxygen atoms in total. The molecule has 0 aromatic heterocycles. The van der Waals surface area contributed by atoms with E-state index in [4.69, 9.17) is 9.47 Å². The van der Waals surface area contributed by atoms with Crippen molar-refractivity contribution in [3.05, 3.63) is 48.0 Å². The van der Waals surface area contributed by atoms with Crippen molar-refractivity contribution in [2.24, 2.45) is 5.41 Å². The van der Waals surface area contributed by atoms with E-state index in [1.54, 1.807) is 26.0 Å². The van der Waals surface area contributed by atoms with Crippen LogP contribution in [0.1, 0.15) is 49.0 Å². The summed E-state index contributed by atoms with van der Waals surface area (Å²) in [5.41, 5.74) is 0.0649. The predicted octanol–water partition coefficient (Wildman–Crippen LogP) is 3.65. The van der Waals surface area contributed by atoms with Crippen LogP contribution in [-0.2, 0) is 19.1 Å². The monoisotopic (exact) mass is 346 g/mol. The summed E-state index contributed by atoms with van der Waals surface area (Å²) in [6.45, 7) is 9.18. The van der Waals surface area contributed by atoms with Crippen molar-refractivity contribution in [3.8, 4) is 0 Å². The molecule has 0 aliphatic heterocycles. The van der Waals surface area contributed by atoms with E-state index >= 15 is 0 Å². The van der Waals surface area contributed by atoms with Crippen LogP contribution in [-0.4, -0.2) is 30.9 Å². The molecule has 0 atom stereocenters. The van der Waals surface area contributed by atoms with Crippen molar-refractivity contribution in [2.45, 2.75) is 40.0 Å². The number of hydrogen-bond donors (Lipinski definition) is 0. The van der Waals surface area contributed by atoms with Crippen LogP contribution in [0.15, 0.2) is 36.9 Å². The Kier molecular flexibility index (Phi) is 8.05. The first kappa shape index (κ1) is 20.6. The van der Waals surface area contributed by atoms with E-state index in [0.29, 0.717) is 5.56 Å². The average molecular weight is 346 g/mol. The largest absolute Gasteiger partial charge is 0.465 e. The molecule has 0 saturated carbocycles. The Morgan fingerprint density at radius 3 is 2.00 bits per heavy atom. The molecule has 1 rings (SSSR count). The Morgan fingerprint density at radius 2 is 1.56 bits per heavy atom. The predicted molar refractivity (Wildman–Crippen MR) is 95.3 cm³/mol. The van der Waals surface area contributed by atoms with E-state index in [2.05, 4.69) is 6.58 Å². The van der Waals surface area contributed by atoms with Crippen LogP contribution in [0.5, 0.6) is 0 Å². The van der Waals surface area contributed by atoms with Crippen molar-refractivity contribution in [1.29, 1.82) is 0 Å². The third-order valence-electron chi connectivity index (χ3n) is 3.98. The molecule has 0 aliphatic rings. The van der Waals surface area contributed by atoms with Crippen LogP contribution < -0.4 is 0 Å². The van der Waals surface area contributed by atoms with Crippen LogP contribution in [0, 0.1) is 12.3 Å². The van der Waals surface area contributed by atoms with Crippen LogP contribution in [0.25, 0.3) is 0 Å². The van der Waals surface area contributed by atoms with Gasteiger partial charge >= 0.3 is 11.9 Å². The molecule has 1 aromatic carbocycles. The molecule has 5 heteroatoms. The maximum atomic E-state index is 12.5. The number of allylic oxidation sites excluding steroid dienone is 1. The molecule has 0 bridgehead atoms. The third-order valence-corrected chi connectivity index (χ3v) is 3.98. The number of esters is 2. The Hall–Kier alpha value is -2.43. The average Bonchev–Trinajstić information content (AvgIpc) is 2.59. The Labute approximate surface area is 149 Å². The van der Waals surface area contributed by atoms with Gasteiger partial charge in [-0.25, -0.2) is 0 Å². The number of aryl methyl sites for hydroxylation is 1. The molecule has 136 valence electrons. The molecule has 0 heterocycles. The third kappa shape index (κ3) is 5.28. The summed E-state index contributed by atoms with van der Waals surface area (Å²) in [5.74, 6) is -1.49. The number of ether oxygens (including phenoxy) is 2. The first-order valence-corrected chi connectivity index (χ1v) is 8.46. The van der Waals surface area contributed by atoms with Gasteiger partial charge in [-0.05, 0) is 33.6 Å². The van der Waals surface area contributed by atoms with E-state index in [1.807, 2.05) is 19.1 Å². The zero-order chi connectivity index (χ0) is 18.9. The van der Waals surface area contributed by atoms with Crippen LogP contribution in [0.4, 0.5) is 0 Å². The lowest BCUT2D eigenvalue weighted by atomic mass is 9.79. The second kappa shape index (κ2) is 9.77. The van der Waals surface area contributed by atoms with Crippen molar-refractivity contribution >= 4 is 17.7 Å². The first-order valence-electron chi connectivity index (χ1n) is 8.46. The maximum absolute atomic E-state index is 12.5. The molecule has 0 fully saturated rings. The van der Waals surface area contributed by atoms with Gasteiger partial charge in [-0.2, -0.15) is 0 Å². The summed E-state index contributed by atoms with van der Waals surface area (Å²) in [6.07, 6.45) is 1.59. The van der Waals surface area contributed by atoms with E-state index in [-0.39, 0.29) is 38.3 Å². The smallest absolute Gasteiger partial charge is 0.323 e. The highest BCUT2D eigenvalue weighted by Crippen LogP contribution is 2.33. The standard InChI is InChI=1S/C20H26O5/c1-5-13-20(18(22)24-6-2,19(23)25-7-3)14-12-17(21)16-10-8-15(4)9-11-16/h5,8-11H,1,6-7,12-14H2,2-4H3. The van der Waals surface area contributed by atoms with Crippen LogP contribution in [0.2, 0.25) is 0 Å². The highest BCUT2D eigenvalue weighted by Gasteiger charge is 2.47. The van der Waals surface area contributed by atoms with E-state index in [0.717, 1.165) is 5.56 Å². The number of Topliss-reactive ketones (excluding diaryl/α,β-unsaturated/α-hetero) is 1. The summed E-state index contributed by atoms with van der Waals surface area (Å²) < 4.78 is 10.2. The molecule has 25 heavy (non-hydrogen) atoms. The highest BCUT2D eigenvalue weighted by atomic mass is 16.6. The number of rotatable bonds is 10. The minimum atomic E-state index is -1.53. The zero-order valence-corrected chi connectivity index (χ0v) is 15.2. The number of carbonyl (C=O) groups excluding carboxylic acids is 3. The van der Waals surface area contributed by atoms with Crippen molar-refractivity contribution in [1.82, 2.24) is 0 Å². The molecular formula is C20H26O5. The second-order valence-corrected chi connectivity index (χ2v) is 5.81. The summed E-state index contributed by atoms with van der Waals surface area (Å²) in [4.78, 5) is 37.4. The fraction of sp³-hybridized carbons (Fsp3) is 0.450. The lowest BCUT2D eigenvalue weighted by Crippen LogP contribution is -2.42. The molecule has 0 amide bonds. The van der Waals surface area contributed by atoms with E-state index in [9.17, 15) is 14.4 Å². The van der Waals surface area contributed by atoms with Gasteiger partial charge < -0.3 is 9.47 Å². The van der Waals surface area contributed by atoms with E-state index < -0.39 is 17.4 Å². The molecule has 0 aliphatic carbocycles. The second-order valence-electron chi connectivity index (χ2n) is 5.81. The van der Waals surface area contributed by atoms with Gasteiger partial charge in [0.05, 0.1) is 13.2 Å². The topological polar surface area (TPSA) is 69.7 Å². The van der Waals surface area contributed by atoms with Crippen molar-refractivity contribution in [2.75, 3.05) is 13.2 Å². The highest BCUT2D eigenvalue weighted by molar-refractivity contribution is 6.02. The number of benzene rings is 1. The molecular weight excluding hydrogens is 320 g/mol. The Morgan fingerprint density at radius 1 is 1.04 bits per heavy atom. The fourth-order valence-corrected chi connectivity index (χ4v) is 2.55. The zero-order valence-electron chi connectivity index (χ0n) is 15.2. The molecule has 0 unspecified atom stereocenters. The normalized spacial score (nSPS) is 10.8. The summed E-state index contributed by atoms with van der Waals surface area (Å²) in [7, 11) is 0. The minimum absolute atomic E-state index is 0.0173. The summed E-state index contributed by atoms with van der Waals surface area (Å²) in [6, 6.07) is 7.17. The van der Waals surface area contributed by atoms with Crippen LogP contribution in [0.3, 0.4) is 0 Å². The Balaban J connectivity index is 3.03. The Bertz CT molecular complexity index is 597. The van der Waals surface area contributed by atoms with Crippen molar-refractivity contribution in [3.63, 3.8) is 0 Å². The van der Waals surface area contributed by atoms with Gasteiger partial charge in [0.25, 0.3) is 0 Å². The van der Waals surface area contributed by atoms with Crippen LogP contribution >= 0.6 is 0 Å². The molecule has 1 aromatic rings. The molecule has 0 N–H and O–H groups in total. The lowest BCUT2D eigenvalue weighted by Gasteiger charge is -2.27.